The Hall–Kier alpha value is -3.87. The number of aliphatic hydroxyl groups is 1. The Balaban J connectivity index is 1.52. The second kappa shape index (κ2) is 9.21. The molecule has 37 heavy (non-hydrogen) atoms. The largest absolute Gasteiger partial charge is 0.507 e. The van der Waals surface area contributed by atoms with E-state index in [1.54, 1.807) is 6.08 Å². The van der Waals surface area contributed by atoms with Gasteiger partial charge in [-0.25, -0.2) is 0 Å². The predicted molar refractivity (Wildman–Crippen MR) is 147 cm³/mol. The van der Waals surface area contributed by atoms with Crippen LogP contribution in [0.2, 0.25) is 0 Å². The van der Waals surface area contributed by atoms with Crippen molar-refractivity contribution < 1.29 is 19.7 Å². The van der Waals surface area contributed by atoms with Crippen LogP contribution in [-0.2, 0) is 6.42 Å². The Kier molecular flexibility index (Phi) is 5.86. The maximum atomic E-state index is 13.1. The summed E-state index contributed by atoms with van der Waals surface area (Å²) in [6.07, 6.45) is 9.89. The molecule has 4 aromatic rings. The number of aromatic hydroxyl groups is 2. The van der Waals surface area contributed by atoms with Crippen molar-refractivity contribution in [2.75, 3.05) is 20.1 Å². The summed E-state index contributed by atoms with van der Waals surface area (Å²) in [5, 5.41) is 34.4. The first kappa shape index (κ1) is 23.5. The molecule has 0 radical (unpaired) electrons. The molecule has 188 valence electrons. The molecule has 0 amide bonds. The summed E-state index contributed by atoms with van der Waals surface area (Å²) in [5.74, 6) is -0.628. The summed E-state index contributed by atoms with van der Waals surface area (Å²) in [6.45, 7) is 1.17. The van der Waals surface area contributed by atoms with E-state index in [0.717, 1.165) is 41.3 Å². The third-order valence-corrected chi connectivity index (χ3v) is 7.67. The zero-order valence-corrected chi connectivity index (χ0v) is 20.6. The molecular formula is C31H29NO5. The summed E-state index contributed by atoms with van der Waals surface area (Å²) >= 11 is 0. The molecule has 0 saturated carbocycles. The van der Waals surface area contributed by atoms with Crippen molar-refractivity contribution in [3.63, 3.8) is 0 Å². The van der Waals surface area contributed by atoms with Crippen LogP contribution in [0.1, 0.15) is 46.8 Å². The highest BCUT2D eigenvalue weighted by atomic mass is 16.3. The first-order valence-electron chi connectivity index (χ1n) is 12.7. The Morgan fingerprint density at radius 2 is 1.92 bits per heavy atom. The molecule has 6 rings (SSSR count). The number of piperidine rings is 1. The van der Waals surface area contributed by atoms with Gasteiger partial charge in [-0.3, -0.25) is 4.79 Å². The second-order valence-corrected chi connectivity index (χ2v) is 10.1. The van der Waals surface area contributed by atoms with E-state index in [9.17, 15) is 20.1 Å². The van der Waals surface area contributed by atoms with Gasteiger partial charge >= 0.3 is 0 Å². The van der Waals surface area contributed by atoms with Gasteiger partial charge in [-0.15, -0.1) is 0 Å². The number of aryl methyl sites for hydroxylation is 1. The average molecular weight is 496 g/mol. The van der Waals surface area contributed by atoms with E-state index in [4.69, 9.17) is 4.42 Å². The first-order chi connectivity index (χ1) is 17.9. The zero-order chi connectivity index (χ0) is 25.7. The molecule has 3 N–H and O–H groups in total. The summed E-state index contributed by atoms with van der Waals surface area (Å²) in [4.78, 5) is 15.2. The van der Waals surface area contributed by atoms with Gasteiger partial charge in [-0.1, -0.05) is 48.6 Å². The van der Waals surface area contributed by atoms with Crippen LogP contribution in [0.3, 0.4) is 0 Å². The molecule has 6 nitrogen and oxygen atoms in total. The monoisotopic (exact) mass is 495 g/mol. The van der Waals surface area contributed by atoms with E-state index in [-0.39, 0.29) is 22.5 Å². The number of hydrogen-bond acceptors (Lipinski definition) is 6. The highest BCUT2D eigenvalue weighted by Crippen LogP contribution is 2.42. The van der Waals surface area contributed by atoms with Crippen molar-refractivity contribution in [2.45, 2.75) is 31.3 Å². The highest BCUT2D eigenvalue weighted by Gasteiger charge is 2.32. The highest BCUT2D eigenvalue weighted by molar-refractivity contribution is 5.97. The number of likely N-dealkylation sites (tertiary alicyclic amines) is 1. The third kappa shape index (κ3) is 4.12. The van der Waals surface area contributed by atoms with Crippen LogP contribution in [0.15, 0.2) is 57.8 Å². The number of benzene rings is 3. The van der Waals surface area contributed by atoms with Crippen molar-refractivity contribution in [1.29, 1.82) is 0 Å². The average Bonchev–Trinajstić information content (AvgIpc) is 2.87. The standard InChI is InChI=1S/C31H29NO5/c1-32-13-12-24(28(36)17-32)29-26(34)16-27(35)30-25(33)15-20(37-31(29)30)10-11-23-21-8-4-2-6-18(21)14-19-7-3-5-9-22(19)23/h2,4-6,8-11,14-16,24,28,34-36H,3,7,12-13,17H2,1H3/b11-10+. The minimum absolute atomic E-state index is 0.0153. The van der Waals surface area contributed by atoms with Crippen LogP contribution in [0, 0.1) is 0 Å². The summed E-state index contributed by atoms with van der Waals surface area (Å²) in [5.41, 5.74) is 3.59. The fourth-order valence-corrected chi connectivity index (χ4v) is 5.85. The molecule has 2 atom stereocenters. The molecule has 6 heteroatoms. The number of phenolic OH excluding ortho intramolecular Hbond substituents is 2. The Morgan fingerprint density at radius 3 is 2.76 bits per heavy atom. The van der Waals surface area contributed by atoms with Gasteiger partial charge in [-0.2, -0.15) is 0 Å². The number of allylic oxidation sites excluding steroid dienone is 1. The van der Waals surface area contributed by atoms with Gasteiger partial charge in [0, 0.05) is 30.2 Å². The SMILES string of the molecule is CN1CCC(c2c(O)cc(O)c3c(=O)cc(/C=C/c4c5c(cc6ccccc46)CCC=C5)oc23)C(O)C1. The third-order valence-electron chi connectivity index (χ3n) is 7.67. The lowest BCUT2D eigenvalue weighted by molar-refractivity contribution is 0.0630. The normalized spacial score (nSPS) is 20.2. The van der Waals surface area contributed by atoms with E-state index in [2.05, 4.69) is 30.4 Å². The van der Waals surface area contributed by atoms with Gasteiger partial charge in [0.15, 0.2) is 5.43 Å². The minimum atomic E-state index is -0.740. The van der Waals surface area contributed by atoms with Crippen molar-refractivity contribution in [3.05, 3.63) is 86.8 Å². The minimum Gasteiger partial charge on any atom is -0.507 e. The van der Waals surface area contributed by atoms with Gasteiger partial charge < -0.3 is 24.6 Å². The Morgan fingerprint density at radius 1 is 1.08 bits per heavy atom. The molecule has 2 aliphatic rings. The summed E-state index contributed by atoms with van der Waals surface area (Å²) in [7, 11) is 1.93. The zero-order valence-electron chi connectivity index (χ0n) is 20.6. The quantitative estimate of drug-likeness (QED) is 0.359. The van der Waals surface area contributed by atoms with Crippen molar-refractivity contribution >= 4 is 40.0 Å². The van der Waals surface area contributed by atoms with E-state index < -0.39 is 17.5 Å². The number of β-amino-alcohol motifs (C(OH)–C–C–N with tert-alkyl or cyclic N) is 1. The molecule has 0 bridgehead atoms. The van der Waals surface area contributed by atoms with E-state index in [1.165, 1.54) is 17.7 Å². The fraction of sp³-hybridized carbons (Fsp3) is 0.258. The van der Waals surface area contributed by atoms with Crippen LogP contribution in [0.5, 0.6) is 11.5 Å². The van der Waals surface area contributed by atoms with Gasteiger partial charge in [-0.05, 0) is 66.4 Å². The van der Waals surface area contributed by atoms with Gasteiger partial charge in [0.2, 0.25) is 0 Å². The second-order valence-electron chi connectivity index (χ2n) is 10.1. The van der Waals surface area contributed by atoms with E-state index >= 15 is 0 Å². The molecular weight excluding hydrogens is 466 g/mol. The van der Waals surface area contributed by atoms with Crippen LogP contribution in [-0.4, -0.2) is 46.5 Å². The topological polar surface area (TPSA) is 94.1 Å². The van der Waals surface area contributed by atoms with E-state index in [0.29, 0.717) is 24.3 Å². The lowest BCUT2D eigenvalue weighted by Crippen LogP contribution is -2.40. The van der Waals surface area contributed by atoms with Crippen LogP contribution in [0.25, 0.3) is 40.0 Å². The number of nitrogens with zero attached hydrogens (tertiary/aromatic N) is 1. The van der Waals surface area contributed by atoms with E-state index in [1.807, 2.05) is 30.2 Å². The van der Waals surface area contributed by atoms with Crippen LogP contribution < -0.4 is 5.43 Å². The predicted octanol–water partition coefficient (Wildman–Crippen LogP) is 5.27. The molecule has 2 unspecified atom stereocenters. The van der Waals surface area contributed by atoms with Crippen LogP contribution >= 0.6 is 0 Å². The molecule has 1 aliphatic heterocycles. The molecule has 1 fully saturated rings. The van der Waals surface area contributed by atoms with Crippen molar-refractivity contribution in [3.8, 4) is 11.5 Å². The Labute approximate surface area is 214 Å². The molecule has 1 aliphatic carbocycles. The number of hydrogen-bond donors (Lipinski definition) is 3. The fourth-order valence-electron chi connectivity index (χ4n) is 5.85. The number of aliphatic hydroxyl groups excluding tert-OH is 1. The molecule has 0 spiro atoms. The number of phenols is 2. The molecule has 3 aromatic carbocycles. The molecule has 1 aromatic heterocycles. The summed E-state index contributed by atoms with van der Waals surface area (Å²) < 4.78 is 6.19. The number of likely N-dealkylation sites (N-methyl/N-ethyl adjacent to an activating group) is 1. The first-order valence-corrected chi connectivity index (χ1v) is 12.7. The summed E-state index contributed by atoms with van der Waals surface area (Å²) in [6, 6.07) is 13.0. The Bertz CT molecular complexity index is 1650. The number of fused-ring (bicyclic) bond motifs is 3. The maximum Gasteiger partial charge on any atom is 0.197 e. The van der Waals surface area contributed by atoms with Crippen LogP contribution in [0.4, 0.5) is 0 Å². The molecule has 2 heterocycles. The van der Waals surface area contributed by atoms with Gasteiger partial charge in [0.1, 0.15) is 28.2 Å². The van der Waals surface area contributed by atoms with Gasteiger partial charge in [0.25, 0.3) is 0 Å². The lowest BCUT2D eigenvalue weighted by Gasteiger charge is -2.34. The smallest absolute Gasteiger partial charge is 0.197 e. The van der Waals surface area contributed by atoms with Gasteiger partial charge in [0.05, 0.1) is 6.10 Å². The number of rotatable bonds is 3. The van der Waals surface area contributed by atoms with Crippen molar-refractivity contribution in [1.82, 2.24) is 4.90 Å². The molecule has 1 saturated heterocycles. The van der Waals surface area contributed by atoms with Crippen molar-refractivity contribution in [2.24, 2.45) is 0 Å². The lowest BCUT2D eigenvalue weighted by atomic mass is 9.85. The maximum absolute atomic E-state index is 13.1.